The number of benzene rings is 2. The van der Waals surface area contributed by atoms with Gasteiger partial charge in [-0.1, -0.05) is 39.7 Å². The fourth-order valence-corrected chi connectivity index (χ4v) is 2.78. The zero-order valence-electron chi connectivity index (χ0n) is 12.8. The van der Waals surface area contributed by atoms with Crippen molar-refractivity contribution in [3.05, 3.63) is 63.1 Å². The van der Waals surface area contributed by atoms with E-state index in [1.54, 1.807) is 31.3 Å². The molecule has 120 valence electrons. The van der Waals surface area contributed by atoms with Crippen molar-refractivity contribution in [2.75, 3.05) is 18.9 Å². The Hall–Kier alpha value is -1.85. The lowest BCUT2D eigenvalue weighted by Gasteiger charge is -2.18. The highest BCUT2D eigenvalue weighted by atomic mass is 79.9. The number of amides is 2. The summed E-state index contributed by atoms with van der Waals surface area (Å²) in [6.07, 6.45) is 0. The van der Waals surface area contributed by atoms with Gasteiger partial charge in [0.15, 0.2) is 0 Å². The summed E-state index contributed by atoms with van der Waals surface area (Å²) in [4.78, 5) is 25.8. The predicted molar refractivity (Wildman–Crippen MR) is 95.9 cm³/mol. The highest BCUT2D eigenvalue weighted by Crippen LogP contribution is 2.20. The maximum atomic E-state index is 12.3. The SMILES string of the molecule is Cc1cc(Br)ccc1NC(=O)CN(C)C(=O)c1ccccc1Cl. The summed E-state index contributed by atoms with van der Waals surface area (Å²) < 4.78 is 0.944. The van der Waals surface area contributed by atoms with Crippen molar-refractivity contribution in [1.29, 1.82) is 0 Å². The van der Waals surface area contributed by atoms with Crippen LogP contribution in [0.3, 0.4) is 0 Å². The number of carbonyl (C=O) groups excluding carboxylic acids is 2. The van der Waals surface area contributed by atoms with Gasteiger partial charge in [-0.15, -0.1) is 0 Å². The molecule has 0 atom stereocenters. The lowest BCUT2D eigenvalue weighted by Crippen LogP contribution is -2.35. The quantitative estimate of drug-likeness (QED) is 0.846. The van der Waals surface area contributed by atoms with E-state index < -0.39 is 0 Å². The van der Waals surface area contributed by atoms with Crippen LogP contribution < -0.4 is 5.32 Å². The molecule has 23 heavy (non-hydrogen) atoms. The van der Waals surface area contributed by atoms with Gasteiger partial charge in [-0.25, -0.2) is 0 Å². The molecule has 0 aliphatic heterocycles. The van der Waals surface area contributed by atoms with Crippen LogP contribution in [0.25, 0.3) is 0 Å². The first-order valence-electron chi connectivity index (χ1n) is 6.94. The highest BCUT2D eigenvalue weighted by Gasteiger charge is 2.17. The zero-order valence-corrected chi connectivity index (χ0v) is 15.1. The van der Waals surface area contributed by atoms with Gasteiger partial charge in [0, 0.05) is 17.2 Å². The molecule has 0 aliphatic carbocycles. The lowest BCUT2D eigenvalue weighted by atomic mass is 10.2. The summed E-state index contributed by atoms with van der Waals surface area (Å²) in [5.74, 6) is -0.559. The van der Waals surface area contributed by atoms with E-state index in [2.05, 4.69) is 21.2 Å². The van der Waals surface area contributed by atoms with Crippen LogP contribution >= 0.6 is 27.5 Å². The van der Waals surface area contributed by atoms with Gasteiger partial charge in [0.25, 0.3) is 5.91 Å². The summed E-state index contributed by atoms with van der Waals surface area (Å²) >= 11 is 9.39. The van der Waals surface area contributed by atoms with Gasteiger partial charge in [-0.2, -0.15) is 0 Å². The van der Waals surface area contributed by atoms with Gasteiger partial charge in [-0.3, -0.25) is 9.59 Å². The molecular weight excluding hydrogens is 380 g/mol. The first-order valence-corrected chi connectivity index (χ1v) is 8.11. The normalized spacial score (nSPS) is 10.3. The summed E-state index contributed by atoms with van der Waals surface area (Å²) in [5.41, 5.74) is 2.04. The molecule has 6 heteroatoms. The summed E-state index contributed by atoms with van der Waals surface area (Å²) in [5, 5.41) is 3.17. The molecule has 4 nitrogen and oxygen atoms in total. The molecule has 0 aromatic heterocycles. The maximum absolute atomic E-state index is 12.3. The fraction of sp³-hybridized carbons (Fsp3) is 0.176. The maximum Gasteiger partial charge on any atom is 0.255 e. The second kappa shape index (κ2) is 7.62. The lowest BCUT2D eigenvalue weighted by molar-refractivity contribution is -0.116. The minimum atomic E-state index is -0.293. The van der Waals surface area contributed by atoms with Crippen LogP contribution in [0, 0.1) is 6.92 Å². The number of nitrogens with one attached hydrogen (secondary N) is 1. The van der Waals surface area contributed by atoms with E-state index in [0.29, 0.717) is 10.6 Å². The average Bonchev–Trinajstić information content (AvgIpc) is 2.50. The number of likely N-dealkylation sites (N-methyl/N-ethyl adjacent to an activating group) is 1. The Morgan fingerprint density at radius 1 is 1.22 bits per heavy atom. The minimum Gasteiger partial charge on any atom is -0.332 e. The first-order chi connectivity index (χ1) is 10.9. The molecule has 0 aliphatic rings. The number of halogens is 2. The molecule has 0 fully saturated rings. The van der Waals surface area contributed by atoms with Crippen molar-refractivity contribution < 1.29 is 9.59 Å². The van der Waals surface area contributed by atoms with Crippen LogP contribution in [0.5, 0.6) is 0 Å². The summed E-state index contributed by atoms with van der Waals surface area (Å²) in [7, 11) is 1.57. The van der Waals surface area contributed by atoms with Gasteiger partial charge < -0.3 is 10.2 Å². The van der Waals surface area contributed by atoms with Crippen molar-refractivity contribution in [2.24, 2.45) is 0 Å². The third-order valence-corrected chi connectivity index (χ3v) is 4.12. The van der Waals surface area contributed by atoms with Gasteiger partial charge in [0.1, 0.15) is 0 Å². The van der Waals surface area contributed by atoms with Crippen molar-refractivity contribution in [3.63, 3.8) is 0 Å². The summed E-state index contributed by atoms with van der Waals surface area (Å²) in [6, 6.07) is 12.3. The molecule has 0 bridgehead atoms. The highest BCUT2D eigenvalue weighted by molar-refractivity contribution is 9.10. The molecule has 0 radical (unpaired) electrons. The van der Waals surface area contributed by atoms with E-state index in [4.69, 9.17) is 11.6 Å². The number of carbonyl (C=O) groups is 2. The van der Waals surface area contributed by atoms with Gasteiger partial charge in [0.05, 0.1) is 17.1 Å². The van der Waals surface area contributed by atoms with E-state index in [-0.39, 0.29) is 18.4 Å². The van der Waals surface area contributed by atoms with Gasteiger partial charge in [0.2, 0.25) is 5.91 Å². The number of nitrogens with zero attached hydrogens (tertiary/aromatic N) is 1. The van der Waals surface area contributed by atoms with E-state index in [0.717, 1.165) is 15.7 Å². The van der Waals surface area contributed by atoms with E-state index in [9.17, 15) is 9.59 Å². The number of hydrogen-bond acceptors (Lipinski definition) is 2. The van der Waals surface area contributed by atoms with Crippen molar-refractivity contribution in [2.45, 2.75) is 6.92 Å². The Balaban J connectivity index is 2.02. The molecule has 0 unspecified atom stereocenters. The van der Waals surface area contributed by atoms with Crippen LogP contribution in [0.2, 0.25) is 5.02 Å². The number of hydrogen-bond donors (Lipinski definition) is 1. The Bertz CT molecular complexity index is 749. The third-order valence-electron chi connectivity index (χ3n) is 3.29. The zero-order chi connectivity index (χ0) is 17.0. The topological polar surface area (TPSA) is 49.4 Å². The second-order valence-electron chi connectivity index (χ2n) is 5.15. The van der Waals surface area contributed by atoms with Crippen molar-refractivity contribution in [1.82, 2.24) is 4.90 Å². The number of rotatable bonds is 4. The smallest absolute Gasteiger partial charge is 0.255 e. The standard InChI is InChI=1S/C17H16BrClN2O2/c1-11-9-12(18)7-8-15(11)20-16(22)10-21(2)17(23)13-5-3-4-6-14(13)19/h3-9H,10H2,1-2H3,(H,20,22). The van der Waals surface area contributed by atoms with Gasteiger partial charge in [-0.05, 0) is 42.8 Å². The minimum absolute atomic E-state index is 0.0560. The number of aryl methyl sites for hydroxylation is 1. The Kier molecular flexibility index (Phi) is 5.80. The Morgan fingerprint density at radius 3 is 2.57 bits per heavy atom. The molecule has 2 amide bonds. The Labute approximate surface area is 148 Å². The van der Waals surface area contributed by atoms with Crippen LogP contribution in [0.15, 0.2) is 46.9 Å². The molecule has 1 N–H and O–H groups in total. The molecule has 0 spiro atoms. The van der Waals surface area contributed by atoms with Crippen molar-refractivity contribution in [3.8, 4) is 0 Å². The van der Waals surface area contributed by atoms with Crippen LogP contribution in [-0.2, 0) is 4.79 Å². The van der Waals surface area contributed by atoms with Crippen LogP contribution in [0.1, 0.15) is 15.9 Å². The molecule has 2 rings (SSSR count). The summed E-state index contributed by atoms with van der Waals surface area (Å²) in [6.45, 7) is 1.85. The molecule has 0 saturated carbocycles. The molecule has 2 aromatic carbocycles. The van der Waals surface area contributed by atoms with E-state index in [1.165, 1.54) is 4.90 Å². The first kappa shape index (κ1) is 17.5. The Morgan fingerprint density at radius 2 is 1.91 bits per heavy atom. The van der Waals surface area contributed by atoms with Gasteiger partial charge >= 0.3 is 0 Å². The molecule has 0 heterocycles. The molecular formula is C17H16BrClN2O2. The van der Waals surface area contributed by atoms with Crippen LogP contribution in [-0.4, -0.2) is 30.3 Å². The number of anilines is 1. The largest absolute Gasteiger partial charge is 0.332 e. The average molecular weight is 396 g/mol. The fourth-order valence-electron chi connectivity index (χ4n) is 2.08. The second-order valence-corrected chi connectivity index (χ2v) is 6.47. The monoisotopic (exact) mass is 394 g/mol. The molecule has 2 aromatic rings. The van der Waals surface area contributed by atoms with E-state index >= 15 is 0 Å². The predicted octanol–water partition coefficient (Wildman–Crippen LogP) is 4.12. The van der Waals surface area contributed by atoms with Crippen molar-refractivity contribution >= 4 is 45.0 Å². The van der Waals surface area contributed by atoms with E-state index in [1.807, 2.05) is 25.1 Å². The van der Waals surface area contributed by atoms with Crippen LogP contribution in [0.4, 0.5) is 5.69 Å². The molecule has 0 saturated heterocycles. The third kappa shape index (κ3) is 4.56.